The Labute approximate surface area is 866 Å². The van der Waals surface area contributed by atoms with Crippen molar-refractivity contribution in [1.82, 2.24) is 59.6 Å². The van der Waals surface area contributed by atoms with Gasteiger partial charge in [0.15, 0.2) is 0 Å². The highest BCUT2D eigenvalue weighted by atomic mass is 127. The van der Waals surface area contributed by atoms with E-state index in [1.54, 1.807) is 151 Å². The molecule has 4 aromatic carbocycles. The number of nitrogens with zero attached hydrogens (tertiary/aromatic N) is 10. The molecule has 0 radical (unpaired) electrons. The Morgan fingerprint density at radius 3 is 1.23 bits per heavy atom. The zero-order chi connectivity index (χ0) is 104. The van der Waals surface area contributed by atoms with Crippen LogP contribution in [0.2, 0.25) is 19.6 Å². The molecule has 4 fully saturated rings. The first-order chi connectivity index (χ1) is 65.4. The summed E-state index contributed by atoms with van der Waals surface area (Å²) in [5, 5.41) is 30.4. The number of carbonyl (C=O) groups is 8. The fourth-order valence-corrected chi connectivity index (χ4v) is 14.3. The third-order valence-corrected chi connectivity index (χ3v) is 21.9. The van der Waals surface area contributed by atoms with Crippen molar-refractivity contribution in [2.24, 2.45) is 11.7 Å². The Balaban J connectivity index is 0.000000548. The van der Waals surface area contributed by atoms with E-state index in [1.165, 1.54) is 23.4 Å². The maximum absolute atomic E-state index is 12.1. The van der Waals surface area contributed by atoms with Gasteiger partial charge in [-0.1, -0.05) is 81.7 Å². The number of H-pyrrole nitrogens is 2. The van der Waals surface area contributed by atoms with Gasteiger partial charge in [-0.25, -0.2) is 28.8 Å². The number of methoxy groups -OCH3 is 8. The minimum atomic E-state index is -1.34. The highest BCUT2D eigenvalue weighted by Crippen LogP contribution is 2.31. The Morgan fingerprint density at radius 1 is 0.511 bits per heavy atom. The van der Waals surface area contributed by atoms with Crippen molar-refractivity contribution in [1.29, 1.82) is 0 Å². The number of aromatic nitrogens is 8. The van der Waals surface area contributed by atoms with Gasteiger partial charge in [-0.15, -0.1) is 12.0 Å². The number of benzene rings is 4. The fourth-order valence-electron chi connectivity index (χ4n) is 12.3. The molecular formula is C100H141BrI2N14O23Si. The maximum atomic E-state index is 12.1. The lowest BCUT2D eigenvalue weighted by Crippen LogP contribution is -2.35. The Morgan fingerprint density at radius 2 is 0.872 bits per heavy atom. The summed E-state index contributed by atoms with van der Waals surface area (Å²) in [6, 6.07) is 21.9. The van der Waals surface area contributed by atoms with Crippen LogP contribution in [0.5, 0.6) is 46.0 Å². The van der Waals surface area contributed by atoms with E-state index in [9.17, 15) is 43.5 Å². The molecule has 0 unspecified atom stereocenters. The normalized spacial score (nSPS) is 14.6. The van der Waals surface area contributed by atoms with Gasteiger partial charge in [-0.3, -0.25) is 29.2 Å². The number of aliphatic hydroxyl groups excluding tert-OH is 1. The van der Waals surface area contributed by atoms with E-state index in [0.717, 1.165) is 70.9 Å². The molecule has 41 heteroatoms. The van der Waals surface area contributed by atoms with Crippen molar-refractivity contribution in [2.75, 3.05) is 135 Å². The SMILES string of the molecule is C.C.C#Cc1cc(OC)cc(OC)c1.C=CC(=O)N1CC[C@H](n2cc(C(N)=O)c(C#Cc3cc(OC)cc(OC)c3)n2)C1.CC(C)(C)OC(=O)N1CC[C@@H](O)C1.CCOC(=O)c1cn([C@H]2CCN(C(=O)OC(C)(C)C)C2)nc1I.CCOC(=O)c1cn[nH]c1I.CCOC(=O)c1cn[nH]c1N.COc1cc(Br)cc(OC)c1.COc1cc(C#C[Si](C)(C)C)cc(OC)c1.C[C@@H]1CCN(C(=O)OC(C)(C)C)C1. The molecule has 7 N–H and O–H groups in total. The summed E-state index contributed by atoms with van der Waals surface area (Å²) in [5.41, 5.74) is 17.0. The van der Waals surface area contributed by atoms with Gasteiger partial charge in [0, 0.05) is 110 Å². The second kappa shape index (κ2) is 61.3. The van der Waals surface area contributed by atoms with Crippen LogP contribution in [0.1, 0.15) is 206 Å². The minimum absolute atomic E-state index is 0. The van der Waals surface area contributed by atoms with Crippen molar-refractivity contribution >= 4 is 123 Å². The molecule has 0 spiro atoms. The van der Waals surface area contributed by atoms with Gasteiger partial charge in [-0.05, 0) is 220 Å². The van der Waals surface area contributed by atoms with E-state index in [4.69, 9.17) is 79.5 Å². The standard InChI is InChI=1S/C21H22N4O4.C15H22IN3O4.C13H18O2Si.C10H19NO2.C10H10O2.C9H17NO3.C8H9BrO2.C6H7IN2O2.C6H9N3O2.2CH4/c1-4-20(26)24-8-7-15(12-24)25-13-18(21(22)27)19(23-25)6-5-14-9-16(28-2)11-17(10-14)29-3;1-5-22-13(20)11-9-19(17-12(11)16)10-6-7-18(8-10)14(21)23-15(2,3)4;1-14-12-8-11(6-7-16(3,4)5)9-13(10-12)15-2;1-8-5-6-11(7-8)9(12)13-10(2,3)4;1-4-8-5-9(11-2)7-10(6-8)12-3;1-9(2,3)13-8(12)10-5-4-7(11)6-10;1-10-7-3-6(9)4-8(5-7)11-2;2*1-2-11-6(10)4-3-8-9-5(4)7;;/h4,9-11,13,15H,1,7-8,12H2,2-3H3,(H2,22,27);9-10H,5-8H2,1-4H3;8-10H,1-5H3;8H,5-7H2,1-4H3;1,5-7H,2-3H3;7,11H,4-6H2,1-3H3;3-5H,1-2H3;3H,2H2,1H3,(H,8,9);3H,2H2,1H3,(H3,7,8,9);2*1H4/t15-;10-;;8-;;7-;;;;;/m00.1.1...../s1. The van der Waals surface area contributed by atoms with E-state index in [2.05, 4.69) is 114 Å². The molecule has 8 aromatic rings. The first kappa shape index (κ1) is 125. The first-order valence-corrected chi connectivity index (χ1v) is 50.6. The summed E-state index contributed by atoms with van der Waals surface area (Å²) >= 11 is 7.35. The number of aromatic amines is 2. The van der Waals surface area contributed by atoms with Crippen LogP contribution in [-0.4, -0.2) is 273 Å². The highest BCUT2D eigenvalue weighted by molar-refractivity contribution is 14.1. The Hall–Kier alpha value is -12.4. The number of esters is 3. The fraction of sp³-hybridized carbons (Fsp3) is 0.480. The lowest BCUT2D eigenvalue weighted by Gasteiger charge is -2.24. The topological polar surface area (TPSA) is 444 Å². The number of hydrogen-bond acceptors (Lipinski definition) is 28. The third-order valence-electron chi connectivity index (χ3n) is 19.0. The molecule has 37 nitrogen and oxygen atoms in total. The van der Waals surface area contributed by atoms with Gasteiger partial charge in [0.2, 0.25) is 5.91 Å². The van der Waals surface area contributed by atoms with Crippen molar-refractivity contribution in [3.8, 4) is 81.6 Å². The second-order valence-corrected chi connectivity index (χ2v) is 42.5. The van der Waals surface area contributed by atoms with Crippen molar-refractivity contribution in [2.45, 2.75) is 185 Å². The summed E-state index contributed by atoms with van der Waals surface area (Å²) in [6.45, 7) is 40.3. The number of amides is 5. The summed E-state index contributed by atoms with van der Waals surface area (Å²) in [5.74, 6) is 16.3. The number of likely N-dealkylation sites (tertiary alicyclic amines) is 4. The molecule has 12 rings (SSSR count). The van der Waals surface area contributed by atoms with Gasteiger partial charge in [0.25, 0.3) is 5.91 Å². The molecule has 4 aliphatic rings. The zero-order valence-electron chi connectivity index (χ0n) is 83.7. The molecule has 4 atom stereocenters. The number of nitrogen functional groups attached to an aromatic ring is 1. The molecule has 774 valence electrons. The van der Waals surface area contributed by atoms with E-state index < -0.39 is 31.2 Å². The van der Waals surface area contributed by atoms with Gasteiger partial charge in [0.05, 0.1) is 113 Å². The predicted molar refractivity (Wildman–Crippen MR) is 563 cm³/mol. The zero-order valence-corrected chi connectivity index (χ0v) is 90.6. The van der Waals surface area contributed by atoms with Gasteiger partial charge < -0.3 is 102 Å². The predicted octanol–water partition coefficient (Wildman–Crippen LogP) is 17.2. The summed E-state index contributed by atoms with van der Waals surface area (Å²) in [4.78, 5) is 99.2. The lowest BCUT2D eigenvalue weighted by molar-refractivity contribution is -0.125. The first-order valence-electron chi connectivity index (χ1n) is 44.2. The maximum Gasteiger partial charge on any atom is 0.410 e. The van der Waals surface area contributed by atoms with E-state index in [0.29, 0.717) is 119 Å². The van der Waals surface area contributed by atoms with Gasteiger partial charge in [0.1, 0.15) is 106 Å². The van der Waals surface area contributed by atoms with Crippen LogP contribution in [-0.2, 0) is 33.2 Å². The van der Waals surface area contributed by atoms with E-state index in [-0.39, 0.29) is 97.4 Å². The largest absolute Gasteiger partial charge is 0.497 e. The molecular weight excluding hydrogens is 2130 g/mol. The number of rotatable bonds is 18. The average Bonchev–Trinajstić information content (AvgIpc) is 1.67. The molecule has 8 heterocycles. The molecule has 4 aromatic heterocycles. The summed E-state index contributed by atoms with van der Waals surface area (Å²) in [7, 11) is 11.5. The number of hydrogen-bond donors (Lipinski definition) is 5. The highest BCUT2D eigenvalue weighted by Gasteiger charge is 2.35. The van der Waals surface area contributed by atoms with Crippen LogP contribution < -0.4 is 49.4 Å². The smallest absolute Gasteiger partial charge is 0.410 e. The number of terminal acetylenes is 1. The average molecular weight is 2270 g/mol. The van der Waals surface area contributed by atoms with Crippen LogP contribution in [0.15, 0.2) is 115 Å². The summed E-state index contributed by atoms with van der Waals surface area (Å²) < 4.78 is 76.9. The number of aliphatic hydroxyl groups is 1. The van der Waals surface area contributed by atoms with E-state index in [1.807, 2.05) is 144 Å². The molecule has 4 saturated heterocycles. The monoisotopic (exact) mass is 2270 g/mol. The van der Waals surface area contributed by atoms with Crippen LogP contribution in [0.4, 0.5) is 20.2 Å². The molecule has 0 bridgehead atoms. The molecule has 0 aliphatic carbocycles. The number of halogens is 3. The van der Waals surface area contributed by atoms with Crippen LogP contribution >= 0.6 is 61.1 Å². The number of β-amino-alcohol motifs (C(OH)–C–C–N with tert-alkyl or cyclic N) is 1. The number of nitrogens with two attached hydrogens (primary N) is 2. The van der Waals surface area contributed by atoms with Gasteiger partial charge >= 0.3 is 36.2 Å². The van der Waals surface area contributed by atoms with E-state index >= 15 is 0 Å². The Kier molecular flexibility index (Phi) is 54.2. The van der Waals surface area contributed by atoms with Gasteiger partial charge in [-0.2, -0.15) is 20.4 Å². The molecule has 5 amide bonds. The quantitative estimate of drug-likeness (QED) is 0.0133. The summed E-state index contributed by atoms with van der Waals surface area (Å²) in [6.07, 6.45) is 14.7. The number of ether oxygens (including phenoxy) is 14. The minimum Gasteiger partial charge on any atom is -0.497 e. The number of anilines is 1. The van der Waals surface area contributed by atoms with Crippen molar-refractivity contribution in [3.05, 3.63) is 167 Å². The van der Waals surface area contributed by atoms with Crippen LogP contribution in [0.3, 0.4) is 0 Å². The van der Waals surface area contributed by atoms with Crippen molar-refractivity contribution < 1.29 is 110 Å². The third kappa shape index (κ3) is 45.4. The van der Waals surface area contributed by atoms with Crippen molar-refractivity contribution in [3.63, 3.8) is 0 Å². The van der Waals surface area contributed by atoms with Crippen LogP contribution in [0.25, 0.3) is 0 Å². The number of carbonyl (C=O) groups excluding carboxylic acids is 8. The number of primary amides is 1. The lowest BCUT2D eigenvalue weighted by atomic mass is 10.2. The molecule has 141 heavy (non-hydrogen) atoms. The van der Waals surface area contributed by atoms with Crippen LogP contribution in [0, 0.1) is 49.0 Å². The molecule has 4 aliphatic heterocycles. The molecule has 0 saturated carbocycles. The Bertz CT molecular complexity index is 5350. The second-order valence-electron chi connectivity index (χ2n) is 34.7. The number of nitrogens with one attached hydrogen (secondary N) is 2.